The van der Waals surface area contributed by atoms with Crippen LogP contribution < -0.4 is 4.90 Å². The number of para-hydroxylation sites is 1. The number of rotatable bonds is 3. The first kappa shape index (κ1) is 17.7. The molecule has 7 heteroatoms. The van der Waals surface area contributed by atoms with Gasteiger partial charge in [0.1, 0.15) is 0 Å². The lowest BCUT2D eigenvalue weighted by molar-refractivity contribution is -0.137. The summed E-state index contributed by atoms with van der Waals surface area (Å²) in [6.07, 6.45) is -4.18. The normalized spacial score (nSPS) is 13.2. The zero-order valence-electron chi connectivity index (χ0n) is 13.8. The second-order valence-corrected chi connectivity index (χ2v) is 7.02. The molecule has 3 nitrogen and oxygen atoms in total. The molecular weight excluding hydrogens is 349 g/mol. The topological polar surface area (TPSA) is 23.6 Å². The standard InChI is InChI=1S/C18H17F3N2OS/c1-22(2)17(24)9-10-23-13-5-3-4-6-15(13)25-16-8-7-12(11-14(16)23)18(19,20)21/h3-8,11H,9-10H2,1-2H3. The summed E-state index contributed by atoms with van der Waals surface area (Å²) in [7, 11) is 3.33. The summed E-state index contributed by atoms with van der Waals surface area (Å²) in [6.45, 7) is 0.322. The first-order chi connectivity index (χ1) is 11.8. The molecule has 1 heterocycles. The lowest BCUT2D eigenvalue weighted by Gasteiger charge is -2.33. The van der Waals surface area contributed by atoms with Crippen molar-refractivity contribution in [3.05, 3.63) is 48.0 Å². The van der Waals surface area contributed by atoms with Crippen LogP contribution in [0.5, 0.6) is 0 Å². The van der Waals surface area contributed by atoms with Gasteiger partial charge in [0.05, 0.1) is 16.9 Å². The number of halogens is 3. The van der Waals surface area contributed by atoms with Gasteiger partial charge in [0.25, 0.3) is 0 Å². The Balaban J connectivity index is 2.01. The number of amides is 1. The number of nitrogens with zero attached hydrogens (tertiary/aromatic N) is 2. The van der Waals surface area contributed by atoms with Crippen LogP contribution in [0.2, 0.25) is 0 Å². The predicted octanol–water partition coefficient (Wildman–Crippen LogP) is 4.79. The molecule has 25 heavy (non-hydrogen) atoms. The van der Waals surface area contributed by atoms with Crippen molar-refractivity contribution in [1.29, 1.82) is 0 Å². The van der Waals surface area contributed by atoms with Gasteiger partial charge in [0.2, 0.25) is 5.91 Å². The number of anilines is 2. The van der Waals surface area contributed by atoms with Crippen molar-refractivity contribution in [2.45, 2.75) is 22.4 Å². The molecule has 0 radical (unpaired) electrons. The summed E-state index contributed by atoms with van der Waals surface area (Å²) in [4.78, 5) is 17.0. The van der Waals surface area contributed by atoms with E-state index in [0.29, 0.717) is 12.2 Å². The molecule has 0 saturated carbocycles. The minimum Gasteiger partial charge on any atom is -0.349 e. The van der Waals surface area contributed by atoms with Gasteiger partial charge in [-0.15, -0.1) is 0 Å². The van der Waals surface area contributed by atoms with E-state index in [9.17, 15) is 18.0 Å². The Hall–Kier alpha value is -2.15. The number of benzene rings is 2. The molecule has 2 aromatic rings. The molecule has 1 aliphatic rings. The van der Waals surface area contributed by atoms with Crippen LogP contribution in [0.4, 0.5) is 24.5 Å². The third kappa shape index (κ3) is 3.61. The zero-order chi connectivity index (χ0) is 18.2. The van der Waals surface area contributed by atoms with E-state index < -0.39 is 11.7 Å². The molecule has 1 amide bonds. The Labute approximate surface area is 148 Å². The highest BCUT2D eigenvalue weighted by molar-refractivity contribution is 7.99. The average Bonchev–Trinajstić information content (AvgIpc) is 2.56. The second-order valence-electron chi connectivity index (χ2n) is 5.94. The van der Waals surface area contributed by atoms with Crippen molar-refractivity contribution in [3.8, 4) is 0 Å². The number of alkyl halides is 3. The summed E-state index contributed by atoms with van der Waals surface area (Å²) in [5, 5.41) is 0. The highest BCUT2D eigenvalue weighted by Crippen LogP contribution is 2.49. The molecule has 1 aliphatic heterocycles. The van der Waals surface area contributed by atoms with E-state index >= 15 is 0 Å². The molecule has 0 saturated heterocycles. The molecular formula is C18H17F3N2OS. The van der Waals surface area contributed by atoms with Gasteiger partial charge in [-0.3, -0.25) is 4.79 Å². The van der Waals surface area contributed by atoms with E-state index in [-0.39, 0.29) is 12.3 Å². The van der Waals surface area contributed by atoms with Crippen LogP contribution in [-0.2, 0) is 11.0 Å². The monoisotopic (exact) mass is 366 g/mol. The molecule has 3 rings (SSSR count). The van der Waals surface area contributed by atoms with Crippen LogP contribution in [0.25, 0.3) is 0 Å². The van der Waals surface area contributed by atoms with Crippen LogP contribution in [0.3, 0.4) is 0 Å². The molecule has 132 valence electrons. The molecule has 0 aromatic heterocycles. The largest absolute Gasteiger partial charge is 0.416 e. The molecule has 0 N–H and O–H groups in total. The van der Waals surface area contributed by atoms with E-state index in [0.717, 1.165) is 21.5 Å². The second kappa shape index (κ2) is 6.63. The third-order valence-electron chi connectivity index (χ3n) is 4.00. The lowest BCUT2D eigenvalue weighted by atomic mass is 10.1. The molecule has 0 fully saturated rings. The minimum absolute atomic E-state index is 0.0655. The van der Waals surface area contributed by atoms with Crippen molar-refractivity contribution < 1.29 is 18.0 Å². The van der Waals surface area contributed by atoms with Gasteiger partial charge in [0.15, 0.2) is 0 Å². The van der Waals surface area contributed by atoms with Gasteiger partial charge >= 0.3 is 6.18 Å². The average molecular weight is 366 g/mol. The van der Waals surface area contributed by atoms with Crippen molar-refractivity contribution >= 4 is 29.0 Å². The number of carbonyl (C=O) groups excluding carboxylic acids is 1. The van der Waals surface area contributed by atoms with Gasteiger partial charge in [-0.25, -0.2) is 0 Å². The highest BCUT2D eigenvalue weighted by atomic mass is 32.2. The minimum atomic E-state index is -4.40. The first-order valence-electron chi connectivity index (χ1n) is 7.73. The van der Waals surface area contributed by atoms with Gasteiger partial charge in [-0.1, -0.05) is 23.9 Å². The zero-order valence-corrected chi connectivity index (χ0v) is 14.6. The van der Waals surface area contributed by atoms with Crippen LogP contribution in [0.1, 0.15) is 12.0 Å². The smallest absolute Gasteiger partial charge is 0.349 e. The summed E-state index contributed by atoms with van der Waals surface area (Å²) in [6, 6.07) is 11.3. The lowest BCUT2D eigenvalue weighted by Crippen LogP contribution is -2.29. The van der Waals surface area contributed by atoms with Gasteiger partial charge < -0.3 is 9.80 Å². The summed E-state index contributed by atoms with van der Waals surface area (Å²) >= 11 is 1.44. The van der Waals surface area contributed by atoms with E-state index in [1.54, 1.807) is 19.0 Å². The molecule has 0 atom stereocenters. The van der Waals surface area contributed by atoms with Crippen molar-refractivity contribution in [2.24, 2.45) is 0 Å². The van der Waals surface area contributed by atoms with Crippen molar-refractivity contribution in [2.75, 3.05) is 25.5 Å². The van der Waals surface area contributed by atoms with Crippen LogP contribution >= 0.6 is 11.8 Å². The Morgan fingerprint density at radius 3 is 2.44 bits per heavy atom. The molecule has 0 spiro atoms. The van der Waals surface area contributed by atoms with Crippen LogP contribution in [0.15, 0.2) is 52.3 Å². The quantitative estimate of drug-likeness (QED) is 0.781. The maximum atomic E-state index is 13.1. The molecule has 0 bridgehead atoms. The highest BCUT2D eigenvalue weighted by Gasteiger charge is 2.33. The Morgan fingerprint density at radius 1 is 1.08 bits per heavy atom. The summed E-state index contributed by atoms with van der Waals surface area (Å²) in [5.74, 6) is -0.0655. The van der Waals surface area contributed by atoms with Gasteiger partial charge in [-0.2, -0.15) is 13.2 Å². The van der Waals surface area contributed by atoms with E-state index in [1.165, 1.54) is 28.8 Å². The number of carbonyl (C=O) groups is 1. The van der Waals surface area contributed by atoms with Crippen LogP contribution in [-0.4, -0.2) is 31.4 Å². The fourth-order valence-electron chi connectivity index (χ4n) is 2.68. The van der Waals surface area contributed by atoms with E-state index in [1.807, 2.05) is 24.3 Å². The Morgan fingerprint density at radius 2 is 1.76 bits per heavy atom. The molecule has 0 aliphatic carbocycles. The SMILES string of the molecule is CN(C)C(=O)CCN1c2ccccc2Sc2ccc(C(F)(F)F)cc21. The summed E-state index contributed by atoms with van der Waals surface area (Å²) < 4.78 is 39.3. The van der Waals surface area contributed by atoms with Gasteiger partial charge in [-0.05, 0) is 30.3 Å². The molecule has 2 aromatic carbocycles. The Bertz CT molecular complexity index is 805. The maximum absolute atomic E-state index is 13.1. The maximum Gasteiger partial charge on any atom is 0.416 e. The van der Waals surface area contributed by atoms with E-state index in [4.69, 9.17) is 0 Å². The molecule has 0 unspecified atom stereocenters. The number of hydrogen-bond donors (Lipinski definition) is 0. The fraction of sp³-hybridized carbons (Fsp3) is 0.278. The Kier molecular flexibility index (Phi) is 4.69. The van der Waals surface area contributed by atoms with Crippen molar-refractivity contribution in [1.82, 2.24) is 4.90 Å². The number of hydrogen-bond acceptors (Lipinski definition) is 3. The van der Waals surface area contributed by atoms with Crippen LogP contribution in [0, 0.1) is 0 Å². The van der Waals surface area contributed by atoms with Crippen molar-refractivity contribution in [3.63, 3.8) is 0 Å². The fourth-order valence-corrected chi connectivity index (χ4v) is 3.75. The first-order valence-corrected chi connectivity index (χ1v) is 8.55. The number of fused-ring (bicyclic) bond motifs is 2. The van der Waals surface area contributed by atoms with Gasteiger partial charge in [0, 0.05) is 36.9 Å². The summed E-state index contributed by atoms with van der Waals surface area (Å²) in [5.41, 5.74) is 0.631. The van der Waals surface area contributed by atoms with E-state index in [2.05, 4.69) is 0 Å². The predicted molar refractivity (Wildman–Crippen MR) is 92.3 cm³/mol. The third-order valence-corrected chi connectivity index (χ3v) is 5.13.